The van der Waals surface area contributed by atoms with Gasteiger partial charge >= 0.3 is 6.18 Å². The molecule has 2 aromatic heterocycles. The first kappa shape index (κ1) is 25.9. The van der Waals surface area contributed by atoms with E-state index in [0.717, 1.165) is 12.6 Å². The minimum Gasteiger partial charge on any atom is -0.374 e. The number of aliphatic hydroxyl groups excluding tert-OH is 1. The van der Waals surface area contributed by atoms with E-state index in [2.05, 4.69) is 10.3 Å². The second-order valence-corrected chi connectivity index (χ2v) is 9.03. The third-order valence-corrected chi connectivity index (χ3v) is 5.96. The Bertz CT molecular complexity index is 1300. The summed E-state index contributed by atoms with van der Waals surface area (Å²) in [6.45, 7) is 1.37. The standard InChI is InChI=1S/C27H26ClF3N4O/c1-34(2)16-15-32-26(36)19-9-7-18(8-10-19)23-13-14-25(22-12-11-20(28)17-33-22)35(23)24-6-4-3-5-21(24)27(29,30)31/h3-14,17,26,32,36H,15-16H2,1-2H3. The average molecular weight is 515 g/mol. The van der Waals surface area contributed by atoms with E-state index in [9.17, 15) is 18.3 Å². The van der Waals surface area contributed by atoms with Crippen LogP contribution in [0.3, 0.4) is 0 Å². The fraction of sp³-hybridized carbons (Fsp3) is 0.222. The van der Waals surface area contributed by atoms with Crippen LogP contribution in [0.25, 0.3) is 28.3 Å². The lowest BCUT2D eigenvalue weighted by Crippen LogP contribution is -2.29. The van der Waals surface area contributed by atoms with Gasteiger partial charge in [-0.25, -0.2) is 0 Å². The van der Waals surface area contributed by atoms with Gasteiger partial charge in [0.15, 0.2) is 0 Å². The molecular weight excluding hydrogens is 489 g/mol. The van der Waals surface area contributed by atoms with Gasteiger partial charge in [0.05, 0.1) is 33.4 Å². The van der Waals surface area contributed by atoms with Crippen LogP contribution in [0.5, 0.6) is 0 Å². The minimum absolute atomic E-state index is 0.00814. The number of hydrogen-bond acceptors (Lipinski definition) is 4. The van der Waals surface area contributed by atoms with Crippen LogP contribution in [-0.2, 0) is 6.18 Å². The summed E-state index contributed by atoms with van der Waals surface area (Å²) in [6.07, 6.45) is -3.94. The van der Waals surface area contributed by atoms with E-state index in [1.54, 1.807) is 59.2 Å². The van der Waals surface area contributed by atoms with Gasteiger partial charge in [-0.2, -0.15) is 13.2 Å². The van der Waals surface area contributed by atoms with Crippen molar-refractivity contribution in [2.75, 3.05) is 27.2 Å². The molecule has 5 nitrogen and oxygen atoms in total. The van der Waals surface area contributed by atoms with E-state index < -0.39 is 18.0 Å². The Balaban J connectivity index is 1.78. The van der Waals surface area contributed by atoms with Crippen molar-refractivity contribution in [2.24, 2.45) is 0 Å². The van der Waals surface area contributed by atoms with Crippen LogP contribution in [0.15, 0.2) is 79.0 Å². The molecule has 0 bridgehead atoms. The molecule has 0 amide bonds. The smallest absolute Gasteiger partial charge is 0.374 e. The molecular formula is C27H26ClF3N4O. The second kappa shape index (κ2) is 10.8. The van der Waals surface area contributed by atoms with Gasteiger partial charge in [-0.05, 0) is 61.6 Å². The molecule has 4 aromatic rings. The fourth-order valence-electron chi connectivity index (χ4n) is 3.94. The summed E-state index contributed by atoms with van der Waals surface area (Å²) in [4.78, 5) is 6.34. The van der Waals surface area contributed by atoms with Crippen molar-refractivity contribution in [2.45, 2.75) is 12.4 Å². The van der Waals surface area contributed by atoms with Gasteiger partial charge in [0.1, 0.15) is 6.23 Å². The fourth-order valence-corrected chi connectivity index (χ4v) is 4.05. The lowest BCUT2D eigenvalue weighted by Gasteiger charge is -2.19. The molecule has 9 heteroatoms. The van der Waals surface area contributed by atoms with Crippen molar-refractivity contribution in [1.29, 1.82) is 0 Å². The number of benzene rings is 2. The van der Waals surface area contributed by atoms with Crippen LogP contribution < -0.4 is 5.32 Å². The largest absolute Gasteiger partial charge is 0.418 e. The molecule has 188 valence electrons. The lowest BCUT2D eigenvalue weighted by molar-refractivity contribution is -0.137. The maximum atomic E-state index is 14.0. The van der Waals surface area contributed by atoms with E-state index in [1.807, 2.05) is 19.0 Å². The highest BCUT2D eigenvalue weighted by molar-refractivity contribution is 6.30. The van der Waals surface area contributed by atoms with Crippen LogP contribution in [0.2, 0.25) is 5.02 Å². The molecule has 2 N–H and O–H groups in total. The van der Waals surface area contributed by atoms with Gasteiger partial charge in [0.25, 0.3) is 0 Å². The summed E-state index contributed by atoms with van der Waals surface area (Å²) in [5, 5.41) is 13.9. The van der Waals surface area contributed by atoms with E-state index in [-0.39, 0.29) is 5.69 Å². The molecule has 0 radical (unpaired) electrons. The van der Waals surface area contributed by atoms with Crippen molar-refractivity contribution in [3.05, 3.63) is 95.1 Å². The molecule has 0 saturated carbocycles. The molecule has 36 heavy (non-hydrogen) atoms. The Morgan fingerprint density at radius 3 is 2.31 bits per heavy atom. The van der Waals surface area contributed by atoms with E-state index >= 15 is 0 Å². The zero-order valence-corrected chi connectivity index (χ0v) is 20.6. The van der Waals surface area contributed by atoms with E-state index in [4.69, 9.17) is 11.6 Å². The Kier molecular flexibility index (Phi) is 7.80. The highest BCUT2D eigenvalue weighted by atomic mass is 35.5. The summed E-state index contributed by atoms with van der Waals surface area (Å²) in [5.41, 5.74) is 2.12. The van der Waals surface area contributed by atoms with Crippen LogP contribution in [0.4, 0.5) is 13.2 Å². The van der Waals surface area contributed by atoms with Gasteiger partial charge in [-0.3, -0.25) is 10.3 Å². The molecule has 1 unspecified atom stereocenters. The Hall–Kier alpha value is -3.17. The maximum Gasteiger partial charge on any atom is 0.418 e. The number of para-hydroxylation sites is 1. The summed E-state index contributed by atoms with van der Waals surface area (Å²) in [7, 11) is 3.89. The molecule has 1 atom stereocenters. The molecule has 0 aliphatic heterocycles. The SMILES string of the molecule is CN(C)CCNC(O)c1ccc(-c2ccc(-c3ccc(Cl)cn3)n2-c2ccccc2C(F)(F)F)cc1. The van der Waals surface area contributed by atoms with E-state index in [1.165, 1.54) is 18.3 Å². The summed E-state index contributed by atoms with van der Waals surface area (Å²) in [6, 6.07) is 19.4. The number of aromatic nitrogens is 2. The predicted octanol–water partition coefficient (Wildman–Crippen LogP) is 6.02. The van der Waals surface area contributed by atoms with Crippen molar-refractivity contribution in [1.82, 2.24) is 19.8 Å². The summed E-state index contributed by atoms with van der Waals surface area (Å²) in [5.74, 6) is 0. The Morgan fingerprint density at radius 1 is 0.972 bits per heavy atom. The van der Waals surface area contributed by atoms with Gasteiger partial charge in [-0.1, -0.05) is 48.0 Å². The van der Waals surface area contributed by atoms with Gasteiger partial charge in [-0.15, -0.1) is 0 Å². The third kappa shape index (κ3) is 5.79. The predicted molar refractivity (Wildman–Crippen MR) is 136 cm³/mol. The number of rotatable bonds is 8. The quantitative estimate of drug-likeness (QED) is 0.282. The zero-order valence-electron chi connectivity index (χ0n) is 19.8. The molecule has 2 aromatic carbocycles. The van der Waals surface area contributed by atoms with Gasteiger partial charge in [0.2, 0.25) is 0 Å². The normalized spacial score (nSPS) is 12.8. The van der Waals surface area contributed by atoms with Crippen molar-refractivity contribution in [3.8, 4) is 28.3 Å². The second-order valence-electron chi connectivity index (χ2n) is 8.60. The number of hydrogen-bond donors (Lipinski definition) is 2. The number of alkyl halides is 3. The van der Waals surface area contributed by atoms with Crippen molar-refractivity contribution < 1.29 is 18.3 Å². The van der Waals surface area contributed by atoms with Crippen molar-refractivity contribution >= 4 is 11.6 Å². The monoisotopic (exact) mass is 514 g/mol. The van der Waals surface area contributed by atoms with Crippen LogP contribution in [0, 0.1) is 0 Å². The number of likely N-dealkylation sites (N-methyl/N-ethyl adjacent to an activating group) is 1. The summed E-state index contributed by atoms with van der Waals surface area (Å²) >= 11 is 5.98. The van der Waals surface area contributed by atoms with Crippen LogP contribution >= 0.6 is 11.6 Å². The molecule has 0 aliphatic rings. The molecule has 4 rings (SSSR count). The third-order valence-electron chi connectivity index (χ3n) is 5.74. The van der Waals surface area contributed by atoms with Crippen LogP contribution in [-0.4, -0.2) is 46.7 Å². The minimum atomic E-state index is -4.55. The number of pyridine rings is 1. The van der Waals surface area contributed by atoms with E-state index in [0.29, 0.717) is 39.8 Å². The number of nitrogens with zero attached hydrogens (tertiary/aromatic N) is 3. The van der Waals surface area contributed by atoms with Gasteiger partial charge < -0.3 is 14.6 Å². The maximum absolute atomic E-state index is 14.0. The first-order valence-electron chi connectivity index (χ1n) is 11.3. The molecule has 2 heterocycles. The number of aliphatic hydroxyl groups is 1. The molecule has 0 aliphatic carbocycles. The Labute approximate surface area is 212 Å². The average Bonchev–Trinajstić information content (AvgIpc) is 3.29. The highest BCUT2D eigenvalue weighted by Gasteiger charge is 2.34. The van der Waals surface area contributed by atoms with Crippen molar-refractivity contribution in [3.63, 3.8) is 0 Å². The topological polar surface area (TPSA) is 53.3 Å². The zero-order chi connectivity index (χ0) is 25.9. The number of halogens is 4. The molecule has 0 saturated heterocycles. The summed E-state index contributed by atoms with van der Waals surface area (Å²) < 4.78 is 43.5. The molecule has 0 spiro atoms. The lowest BCUT2D eigenvalue weighted by atomic mass is 10.1. The number of nitrogens with one attached hydrogen (secondary N) is 1. The van der Waals surface area contributed by atoms with Crippen LogP contribution in [0.1, 0.15) is 17.4 Å². The Morgan fingerprint density at radius 2 is 1.67 bits per heavy atom. The first-order chi connectivity index (χ1) is 17.1. The first-order valence-corrected chi connectivity index (χ1v) is 11.7. The molecule has 0 fully saturated rings. The highest BCUT2D eigenvalue weighted by Crippen LogP contribution is 2.39. The van der Waals surface area contributed by atoms with Gasteiger partial charge in [0, 0.05) is 19.3 Å².